The van der Waals surface area contributed by atoms with Gasteiger partial charge in [-0.25, -0.2) is 0 Å². The number of esters is 1. The average molecular weight is 535 g/mol. The van der Waals surface area contributed by atoms with Gasteiger partial charge in [0.25, 0.3) is 0 Å². The fourth-order valence-corrected chi connectivity index (χ4v) is 7.30. The fraction of sp³-hybridized carbons (Fsp3) is 0.333. The molecule has 8 heteroatoms. The number of hydrogen-bond donors (Lipinski definition) is 2. The molecule has 0 amide bonds. The molecule has 0 saturated carbocycles. The van der Waals surface area contributed by atoms with Crippen molar-refractivity contribution in [3.63, 3.8) is 0 Å². The number of rotatable bonds is 4. The monoisotopic (exact) mass is 534 g/mol. The second kappa shape index (κ2) is 13.1. The topological polar surface area (TPSA) is 90.3 Å². The molecular weight excluding hydrogens is 499 g/mol. The lowest BCUT2D eigenvalue weighted by molar-refractivity contribution is -0.150. The molecule has 3 aliphatic rings. The summed E-state index contributed by atoms with van der Waals surface area (Å²) in [6, 6.07) is 31.9. The lowest BCUT2D eigenvalue weighted by Gasteiger charge is -2.19. The Hall–Kier alpha value is -3.09. The van der Waals surface area contributed by atoms with Crippen LogP contribution in [0.25, 0.3) is 0 Å². The van der Waals surface area contributed by atoms with Crippen LogP contribution >= 0.6 is 7.92 Å². The summed E-state index contributed by atoms with van der Waals surface area (Å²) >= 11 is 0. The Labute approximate surface area is 225 Å². The van der Waals surface area contributed by atoms with Gasteiger partial charge in [-0.3, -0.25) is 19.4 Å². The van der Waals surface area contributed by atoms with Crippen molar-refractivity contribution in [2.24, 2.45) is 0 Å². The summed E-state index contributed by atoms with van der Waals surface area (Å²) in [7, 11) is 3.22. The predicted octanol–water partition coefficient (Wildman–Crippen LogP) is 2.20. The van der Waals surface area contributed by atoms with Crippen molar-refractivity contribution in [1.29, 1.82) is 0 Å². The first-order valence-corrected chi connectivity index (χ1v) is 14.1. The molecule has 6 rings (SSSR count). The number of carboxylic acids is 1. The van der Waals surface area contributed by atoms with Crippen molar-refractivity contribution in [1.82, 2.24) is 9.80 Å². The van der Waals surface area contributed by atoms with Crippen molar-refractivity contribution in [3.8, 4) is 0 Å². The zero-order valence-corrected chi connectivity index (χ0v) is 22.7. The van der Waals surface area contributed by atoms with E-state index in [1.165, 1.54) is 15.9 Å². The van der Waals surface area contributed by atoms with Crippen LogP contribution in [-0.2, 0) is 14.3 Å². The number of aliphatic carboxylic acids is 1. The molecule has 0 aliphatic carbocycles. The van der Waals surface area contributed by atoms with Crippen LogP contribution in [-0.4, -0.2) is 83.4 Å². The first-order valence-electron chi connectivity index (χ1n) is 12.8. The third-order valence-electron chi connectivity index (χ3n) is 6.92. The van der Waals surface area contributed by atoms with Crippen LogP contribution in [0.1, 0.15) is 12.8 Å². The molecule has 200 valence electrons. The fourth-order valence-electron chi connectivity index (χ4n) is 5.00. The van der Waals surface area contributed by atoms with Crippen molar-refractivity contribution >= 4 is 35.8 Å². The Kier molecular flexibility index (Phi) is 9.64. The van der Waals surface area contributed by atoms with Crippen LogP contribution in [0.15, 0.2) is 91.0 Å². The maximum absolute atomic E-state index is 10.8. The van der Waals surface area contributed by atoms with Gasteiger partial charge in [-0.05, 0) is 37.9 Å². The molecule has 38 heavy (non-hydrogen) atoms. The minimum atomic E-state index is -0.848. The highest BCUT2D eigenvalue weighted by molar-refractivity contribution is 7.79. The van der Waals surface area contributed by atoms with E-state index in [1.807, 2.05) is 7.05 Å². The number of likely N-dealkylation sites (N-methyl/N-ethyl adjacent to an activating group) is 2. The average Bonchev–Trinajstić information content (AvgIpc) is 3.59. The number of carbonyl (C=O) groups excluding carboxylic acids is 1. The summed E-state index contributed by atoms with van der Waals surface area (Å²) in [4.78, 5) is 24.9. The Morgan fingerprint density at radius 3 is 1.53 bits per heavy atom. The van der Waals surface area contributed by atoms with Gasteiger partial charge in [0.2, 0.25) is 0 Å². The molecule has 3 unspecified atom stereocenters. The summed E-state index contributed by atoms with van der Waals surface area (Å²) in [5, 5.41) is 21.8. The molecule has 0 spiro atoms. The molecule has 2 bridgehead atoms. The van der Waals surface area contributed by atoms with Gasteiger partial charge in [0.1, 0.15) is 18.2 Å². The summed E-state index contributed by atoms with van der Waals surface area (Å²) in [6.45, 7) is 1.40. The Balaban J connectivity index is 0.000000148. The van der Waals surface area contributed by atoms with E-state index in [2.05, 4.69) is 95.9 Å². The minimum absolute atomic E-state index is 0.0336. The van der Waals surface area contributed by atoms with Crippen molar-refractivity contribution in [3.05, 3.63) is 91.0 Å². The van der Waals surface area contributed by atoms with Crippen LogP contribution < -0.4 is 15.9 Å². The van der Waals surface area contributed by atoms with Gasteiger partial charge in [-0.1, -0.05) is 91.0 Å². The SMILES string of the molecule is CN1CC2CC1C(=O)O2.CN1C[C@@H](O)CC1C(=O)O.c1ccc(P(c2ccccc2)c2ccccc2)cc1. The number of aliphatic hydroxyl groups excluding tert-OH is 1. The Bertz CT molecular complexity index is 1090. The van der Waals surface area contributed by atoms with Crippen LogP contribution in [0.5, 0.6) is 0 Å². The van der Waals surface area contributed by atoms with Gasteiger partial charge in [0, 0.05) is 25.9 Å². The minimum Gasteiger partial charge on any atom is -0.480 e. The normalized spacial score (nSPS) is 24.3. The summed E-state index contributed by atoms with van der Waals surface area (Å²) < 4.78 is 4.95. The highest BCUT2D eigenvalue weighted by Crippen LogP contribution is 2.32. The number of hydrogen-bond acceptors (Lipinski definition) is 6. The van der Waals surface area contributed by atoms with Crippen molar-refractivity contribution < 1.29 is 24.5 Å². The number of nitrogens with zero attached hydrogens (tertiary/aromatic N) is 2. The zero-order valence-electron chi connectivity index (χ0n) is 21.8. The quantitative estimate of drug-likeness (QED) is 0.392. The highest BCUT2D eigenvalue weighted by atomic mass is 31.1. The van der Waals surface area contributed by atoms with E-state index in [1.54, 1.807) is 11.9 Å². The van der Waals surface area contributed by atoms with Crippen molar-refractivity contribution in [2.75, 3.05) is 27.2 Å². The molecule has 7 nitrogen and oxygen atoms in total. The third kappa shape index (κ3) is 7.06. The van der Waals surface area contributed by atoms with E-state index in [0.717, 1.165) is 13.0 Å². The van der Waals surface area contributed by atoms with Crippen LogP contribution in [0, 0.1) is 0 Å². The lowest BCUT2D eigenvalue weighted by Crippen LogP contribution is -2.37. The number of carbonyl (C=O) groups is 2. The Morgan fingerprint density at radius 2 is 1.26 bits per heavy atom. The summed E-state index contributed by atoms with van der Waals surface area (Å²) in [6.07, 6.45) is 1.000. The second-order valence-corrected chi connectivity index (χ2v) is 12.0. The van der Waals surface area contributed by atoms with Crippen LogP contribution in [0.3, 0.4) is 0 Å². The van der Waals surface area contributed by atoms with Gasteiger partial charge in [0.15, 0.2) is 0 Å². The summed E-state index contributed by atoms with van der Waals surface area (Å²) in [5.74, 6) is -0.882. The van der Waals surface area contributed by atoms with E-state index in [0.29, 0.717) is 13.0 Å². The molecule has 0 aromatic heterocycles. The van der Waals surface area contributed by atoms with Gasteiger partial charge < -0.3 is 14.9 Å². The maximum Gasteiger partial charge on any atom is 0.323 e. The zero-order chi connectivity index (χ0) is 27.1. The molecule has 4 atom stereocenters. The van der Waals surface area contributed by atoms with Gasteiger partial charge >= 0.3 is 11.9 Å². The molecule has 3 saturated heterocycles. The Morgan fingerprint density at radius 1 is 0.789 bits per heavy atom. The van der Waals surface area contributed by atoms with Crippen LogP contribution in [0.2, 0.25) is 0 Å². The van der Waals surface area contributed by atoms with E-state index in [9.17, 15) is 9.59 Å². The summed E-state index contributed by atoms with van der Waals surface area (Å²) in [5.41, 5.74) is 0. The smallest absolute Gasteiger partial charge is 0.323 e. The number of fused-ring (bicyclic) bond motifs is 2. The second-order valence-electron chi connectivity index (χ2n) is 9.78. The van der Waals surface area contributed by atoms with E-state index < -0.39 is 26.0 Å². The molecular formula is C30H35N2O5P. The van der Waals surface area contributed by atoms with E-state index in [-0.39, 0.29) is 18.1 Å². The number of carboxylic acid groups (broad SMARTS) is 1. The number of likely N-dealkylation sites (tertiary alicyclic amines) is 2. The molecule has 3 fully saturated rings. The van der Waals surface area contributed by atoms with Crippen LogP contribution in [0.4, 0.5) is 0 Å². The molecule has 3 heterocycles. The van der Waals surface area contributed by atoms with Gasteiger partial charge in [0.05, 0.1) is 6.10 Å². The van der Waals surface area contributed by atoms with E-state index >= 15 is 0 Å². The third-order valence-corrected chi connectivity index (χ3v) is 9.36. The number of morpholine rings is 1. The molecule has 3 aromatic rings. The maximum atomic E-state index is 10.8. The van der Waals surface area contributed by atoms with Gasteiger partial charge in [-0.15, -0.1) is 0 Å². The highest BCUT2D eigenvalue weighted by Gasteiger charge is 2.44. The first-order chi connectivity index (χ1) is 18.3. The number of β-amino-alcohol motifs (C(OH)–C–C–N with tert-alkyl or cyclic N) is 1. The number of benzene rings is 3. The first kappa shape index (κ1) is 27.9. The van der Waals surface area contributed by atoms with Crippen molar-refractivity contribution in [2.45, 2.75) is 37.1 Å². The standard InChI is InChI=1S/C18H15P.C6H11NO3.C6H9NO2/c1-4-10-16(11-5-1)19(17-12-6-2-7-13-17)18-14-8-3-9-15-18;1-7-3-4(8)2-5(7)6(9)10;1-7-3-4-2-5(7)6(8)9-4/h1-15H;4-5,8H,2-3H2,1H3,(H,9,10);4-5H,2-3H2,1H3/t;4-,5?;/m.0./s1. The number of ether oxygens (including phenoxy) is 1. The van der Waals surface area contributed by atoms with E-state index in [4.69, 9.17) is 14.9 Å². The lowest BCUT2D eigenvalue weighted by atomic mass is 10.2. The number of aliphatic hydroxyl groups is 1. The van der Waals surface area contributed by atoms with Gasteiger partial charge in [-0.2, -0.15) is 0 Å². The largest absolute Gasteiger partial charge is 0.480 e. The predicted molar refractivity (Wildman–Crippen MR) is 151 cm³/mol. The molecule has 2 N–H and O–H groups in total. The molecule has 3 aromatic carbocycles. The molecule has 0 radical (unpaired) electrons. The molecule has 3 aliphatic heterocycles.